The van der Waals surface area contributed by atoms with E-state index in [4.69, 9.17) is 20.2 Å². The van der Waals surface area contributed by atoms with Crippen molar-refractivity contribution in [2.75, 3.05) is 37.9 Å². The van der Waals surface area contributed by atoms with Crippen molar-refractivity contribution in [3.63, 3.8) is 0 Å². The van der Waals surface area contributed by atoms with Gasteiger partial charge < -0.3 is 36.1 Å². The van der Waals surface area contributed by atoms with Gasteiger partial charge in [-0.05, 0) is 44.9 Å². The number of rotatable bonds is 8. The van der Waals surface area contributed by atoms with Gasteiger partial charge in [0, 0.05) is 43.7 Å². The number of nitriles is 1. The molecular formula is C25H32N8O2. The number of nitrogens with two attached hydrogens (primary N) is 1. The summed E-state index contributed by atoms with van der Waals surface area (Å²) in [7, 11) is 3.47. The predicted octanol–water partition coefficient (Wildman–Crippen LogP) is 3.47. The Morgan fingerprint density at radius 3 is 2.91 bits per heavy atom. The Kier molecular flexibility index (Phi) is 7.10. The van der Waals surface area contributed by atoms with Crippen molar-refractivity contribution in [2.24, 2.45) is 5.73 Å². The van der Waals surface area contributed by atoms with Crippen molar-refractivity contribution in [1.29, 1.82) is 5.26 Å². The van der Waals surface area contributed by atoms with E-state index in [9.17, 15) is 5.26 Å². The first kappa shape index (κ1) is 24.3. The monoisotopic (exact) mass is 476 g/mol. The lowest BCUT2D eigenvalue weighted by Crippen LogP contribution is -2.40. The van der Waals surface area contributed by atoms with Crippen molar-refractivity contribution < 1.29 is 9.47 Å². The maximum Gasteiger partial charge on any atom is 0.231 e. The summed E-state index contributed by atoms with van der Waals surface area (Å²) in [6.07, 6.45) is 5.24. The van der Waals surface area contributed by atoms with Gasteiger partial charge in [-0.25, -0.2) is 0 Å². The molecule has 4 rings (SSSR count). The summed E-state index contributed by atoms with van der Waals surface area (Å²) in [5.74, 6) is 1.63. The second kappa shape index (κ2) is 10.2. The number of hydrogen-bond donors (Lipinski definition) is 5. The van der Waals surface area contributed by atoms with Crippen LogP contribution in [0.4, 0.5) is 17.5 Å². The molecule has 3 aromatic rings. The Balaban J connectivity index is 1.69. The third kappa shape index (κ3) is 5.31. The van der Waals surface area contributed by atoms with E-state index in [2.05, 4.69) is 45.8 Å². The van der Waals surface area contributed by atoms with Gasteiger partial charge in [0.2, 0.25) is 5.95 Å². The zero-order valence-electron chi connectivity index (χ0n) is 20.5. The number of hydrogen-bond acceptors (Lipinski definition) is 9. The third-order valence-corrected chi connectivity index (χ3v) is 6.04. The van der Waals surface area contributed by atoms with E-state index in [1.54, 1.807) is 13.3 Å². The summed E-state index contributed by atoms with van der Waals surface area (Å²) >= 11 is 0. The van der Waals surface area contributed by atoms with Crippen LogP contribution in [0.2, 0.25) is 0 Å². The van der Waals surface area contributed by atoms with Crippen LogP contribution in [0.5, 0.6) is 5.75 Å². The summed E-state index contributed by atoms with van der Waals surface area (Å²) in [5.41, 5.74) is 9.11. The number of benzene rings is 1. The van der Waals surface area contributed by atoms with E-state index in [0.717, 1.165) is 24.1 Å². The molecule has 1 fully saturated rings. The molecule has 0 radical (unpaired) electrons. The quantitative estimate of drug-likeness (QED) is 0.330. The van der Waals surface area contributed by atoms with Gasteiger partial charge in [0.25, 0.3) is 0 Å². The number of anilines is 3. The molecule has 1 aliphatic heterocycles. The van der Waals surface area contributed by atoms with Crippen LogP contribution in [0.1, 0.15) is 37.8 Å². The second-order valence-corrected chi connectivity index (χ2v) is 9.02. The molecule has 0 saturated carbocycles. The van der Waals surface area contributed by atoms with Gasteiger partial charge in [0.05, 0.1) is 29.3 Å². The average molecular weight is 477 g/mol. The predicted molar refractivity (Wildman–Crippen MR) is 138 cm³/mol. The number of nitrogens with one attached hydrogen (secondary N) is 4. The fourth-order valence-electron chi connectivity index (χ4n) is 4.39. The fraction of sp³-hybridized carbons (Fsp3) is 0.400. The minimum atomic E-state index is -0.223. The molecule has 1 atom stereocenters. The Hall–Kier alpha value is -3.81. The minimum Gasteiger partial charge on any atom is -0.495 e. The molecule has 3 heterocycles. The van der Waals surface area contributed by atoms with Gasteiger partial charge in [-0.15, -0.1) is 0 Å². The smallest absolute Gasteiger partial charge is 0.231 e. The molecule has 0 bridgehead atoms. The molecule has 6 N–H and O–H groups in total. The first-order valence-electron chi connectivity index (χ1n) is 11.6. The molecule has 0 aliphatic carbocycles. The summed E-state index contributed by atoms with van der Waals surface area (Å²) in [5, 5.41) is 20.3. The first-order valence-corrected chi connectivity index (χ1v) is 11.6. The largest absolute Gasteiger partial charge is 0.495 e. The van der Waals surface area contributed by atoms with Crippen molar-refractivity contribution in [3.8, 4) is 11.8 Å². The van der Waals surface area contributed by atoms with Gasteiger partial charge in [0.15, 0.2) is 0 Å². The van der Waals surface area contributed by atoms with Crippen LogP contribution in [0.3, 0.4) is 0 Å². The van der Waals surface area contributed by atoms with Crippen LogP contribution in [0, 0.1) is 11.3 Å². The number of ether oxygens (including phenoxy) is 2. The van der Waals surface area contributed by atoms with Crippen LogP contribution in [-0.4, -0.2) is 53.9 Å². The number of methoxy groups -OCH3 is 1. The Labute approximate surface area is 204 Å². The highest BCUT2D eigenvalue weighted by atomic mass is 16.5. The molecule has 2 aromatic heterocycles. The zero-order valence-corrected chi connectivity index (χ0v) is 20.5. The van der Waals surface area contributed by atoms with E-state index >= 15 is 0 Å². The van der Waals surface area contributed by atoms with E-state index < -0.39 is 0 Å². The molecular weight excluding hydrogens is 444 g/mol. The molecule has 0 amide bonds. The Bertz CT molecular complexity index is 1270. The highest BCUT2D eigenvalue weighted by Gasteiger charge is 2.30. The summed E-state index contributed by atoms with van der Waals surface area (Å²) in [6.45, 7) is 5.25. The maximum atomic E-state index is 9.62. The molecule has 10 nitrogen and oxygen atoms in total. The number of aromatic nitrogens is 3. The maximum absolute atomic E-state index is 9.62. The molecule has 184 valence electrons. The van der Waals surface area contributed by atoms with E-state index in [-0.39, 0.29) is 11.6 Å². The van der Waals surface area contributed by atoms with Crippen molar-refractivity contribution >= 4 is 34.2 Å². The molecule has 35 heavy (non-hydrogen) atoms. The summed E-state index contributed by atoms with van der Waals surface area (Å²) < 4.78 is 11.5. The van der Waals surface area contributed by atoms with Crippen LogP contribution in [-0.2, 0) is 4.74 Å². The van der Waals surface area contributed by atoms with Crippen molar-refractivity contribution in [2.45, 2.75) is 38.3 Å². The standard InChI is InChI=1S/C25H32N8O2/c1-25(2)12-17(8-10-35-25)30-23-21-16(13-27)14-29-22(21)32-24(33-23)31-19-6-5-15(11-20(19)34-4)18(28-3)7-9-26/h5-7,11,14,17,28H,8-10,12,26H2,1-4H3,(H3,29,30,31,32,33)/b18-7-. The van der Waals surface area contributed by atoms with Crippen LogP contribution < -0.4 is 26.4 Å². The summed E-state index contributed by atoms with van der Waals surface area (Å²) in [4.78, 5) is 12.5. The topological polar surface area (TPSA) is 146 Å². The molecule has 1 aromatic carbocycles. The zero-order chi connectivity index (χ0) is 25.0. The SMILES string of the molecule is CN/C(=C\CN)c1ccc(Nc2nc(NC3CCOC(C)(C)C3)c3c(C#N)c[nH]c3n2)c(OC)c1. The van der Waals surface area contributed by atoms with E-state index in [0.29, 0.717) is 53.0 Å². The third-order valence-electron chi connectivity index (χ3n) is 6.04. The van der Waals surface area contributed by atoms with Gasteiger partial charge in [0.1, 0.15) is 23.3 Å². The molecule has 0 spiro atoms. The fourth-order valence-corrected chi connectivity index (χ4v) is 4.39. The van der Waals surface area contributed by atoms with E-state index in [1.165, 1.54) is 0 Å². The lowest BCUT2D eigenvalue weighted by molar-refractivity contribution is -0.0553. The lowest BCUT2D eigenvalue weighted by atomic mass is 9.94. The Morgan fingerprint density at radius 2 is 2.23 bits per heavy atom. The number of H-pyrrole nitrogens is 1. The van der Waals surface area contributed by atoms with Crippen LogP contribution in [0.25, 0.3) is 16.7 Å². The normalized spacial score (nSPS) is 17.6. The van der Waals surface area contributed by atoms with Crippen molar-refractivity contribution in [1.82, 2.24) is 20.3 Å². The molecule has 1 saturated heterocycles. The molecule has 1 aliphatic rings. The summed E-state index contributed by atoms with van der Waals surface area (Å²) in [6, 6.07) is 8.18. The highest BCUT2D eigenvalue weighted by molar-refractivity contribution is 5.93. The number of fused-ring (bicyclic) bond motifs is 1. The minimum absolute atomic E-state index is 0.161. The van der Waals surface area contributed by atoms with Gasteiger partial charge in [-0.1, -0.05) is 6.07 Å². The van der Waals surface area contributed by atoms with Gasteiger partial charge in [-0.2, -0.15) is 15.2 Å². The number of aromatic amines is 1. The lowest BCUT2D eigenvalue weighted by Gasteiger charge is -2.36. The second-order valence-electron chi connectivity index (χ2n) is 9.02. The molecule has 1 unspecified atom stereocenters. The average Bonchev–Trinajstić information content (AvgIpc) is 3.25. The van der Waals surface area contributed by atoms with Crippen LogP contribution >= 0.6 is 0 Å². The van der Waals surface area contributed by atoms with Gasteiger partial charge >= 0.3 is 0 Å². The van der Waals surface area contributed by atoms with Crippen molar-refractivity contribution in [3.05, 3.63) is 41.6 Å². The Morgan fingerprint density at radius 1 is 1.40 bits per heavy atom. The molecule has 10 heteroatoms. The van der Waals surface area contributed by atoms with E-state index in [1.807, 2.05) is 31.3 Å². The first-order chi connectivity index (χ1) is 16.9. The highest BCUT2D eigenvalue weighted by Crippen LogP contribution is 2.33. The van der Waals surface area contributed by atoms with Crippen LogP contribution in [0.15, 0.2) is 30.5 Å². The number of nitrogens with zero attached hydrogens (tertiary/aromatic N) is 3. The van der Waals surface area contributed by atoms with Gasteiger partial charge in [-0.3, -0.25) is 0 Å².